The number of nitrogens with zero attached hydrogens (tertiary/aromatic N) is 1. The number of likely N-dealkylation sites (tertiary alicyclic amines) is 1. The summed E-state index contributed by atoms with van der Waals surface area (Å²) in [6, 6.07) is 20.4. The highest BCUT2D eigenvalue weighted by Crippen LogP contribution is 2.31. The number of piperidine rings is 1. The zero-order chi connectivity index (χ0) is 26.8. The van der Waals surface area contributed by atoms with Crippen LogP contribution in [0.15, 0.2) is 60.7 Å². The van der Waals surface area contributed by atoms with Crippen molar-refractivity contribution < 1.29 is 14.2 Å². The first-order chi connectivity index (χ1) is 17.8. The van der Waals surface area contributed by atoms with Gasteiger partial charge < -0.3 is 14.7 Å². The number of ether oxygens (including phenoxy) is 1. The van der Waals surface area contributed by atoms with Gasteiger partial charge in [0.1, 0.15) is 5.82 Å². The Morgan fingerprint density at radius 3 is 2.27 bits per heavy atom. The predicted octanol–water partition coefficient (Wildman–Crippen LogP) is 7.59. The minimum Gasteiger partial charge on any atom is -0.389 e. The molecule has 0 spiro atoms. The van der Waals surface area contributed by atoms with Gasteiger partial charge in [-0.1, -0.05) is 67.9 Å². The molecule has 0 saturated carbocycles. The molecule has 1 aliphatic rings. The number of β-amino-alcohol motifs (C(OH)–C–C–N with tert-alkyl or cyclic N) is 1. The Kier molecular flexibility index (Phi) is 11.3. The van der Waals surface area contributed by atoms with Gasteiger partial charge in [0, 0.05) is 6.54 Å². The van der Waals surface area contributed by atoms with Crippen molar-refractivity contribution in [3.63, 3.8) is 0 Å². The van der Waals surface area contributed by atoms with Crippen LogP contribution >= 0.6 is 0 Å². The number of rotatable bonds is 8. The van der Waals surface area contributed by atoms with Crippen LogP contribution in [0.3, 0.4) is 0 Å². The van der Waals surface area contributed by atoms with Gasteiger partial charge in [0.25, 0.3) is 0 Å². The molecule has 2 atom stereocenters. The molecule has 1 N–H and O–H groups in total. The number of aliphatic hydroxyl groups is 1. The van der Waals surface area contributed by atoms with Crippen molar-refractivity contribution in [1.29, 1.82) is 0 Å². The Labute approximate surface area is 223 Å². The second-order valence-electron chi connectivity index (χ2n) is 10.3. The fourth-order valence-corrected chi connectivity index (χ4v) is 4.72. The van der Waals surface area contributed by atoms with Crippen molar-refractivity contribution in [3.05, 3.63) is 94.3 Å². The Morgan fingerprint density at radius 1 is 0.892 bits per heavy atom. The van der Waals surface area contributed by atoms with Gasteiger partial charge in [-0.2, -0.15) is 0 Å². The highest BCUT2D eigenvalue weighted by Gasteiger charge is 2.17. The van der Waals surface area contributed by atoms with Crippen LogP contribution < -0.4 is 0 Å². The lowest BCUT2D eigenvalue weighted by Gasteiger charge is -2.29. The van der Waals surface area contributed by atoms with E-state index in [0.717, 1.165) is 30.6 Å². The molecule has 0 bridgehead atoms. The molecule has 1 aliphatic heterocycles. The largest absolute Gasteiger partial charge is 0.389 e. The quantitative estimate of drug-likeness (QED) is 0.342. The van der Waals surface area contributed by atoms with E-state index in [1.54, 1.807) is 13.0 Å². The van der Waals surface area contributed by atoms with Gasteiger partial charge in [-0.15, -0.1) is 0 Å². The van der Waals surface area contributed by atoms with E-state index in [1.807, 2.05) is 19.1 Å². The third kappa shape index (κ3) is 8.77. The van der Waals surface area contributed by atoms with Crippen LogP contribution in [0.1, 0.15) is 67.0 Å². The molecule has 37 heavy (non-hydrogen) atoms. The van der Waals surface area contributed by atoms with Crippen LogP contribution in [0.5, 0.6) is 0 Å². The summed E-state index contributed by atoms with van der Waals surface area (Å²) in [5.41, 5.74) is 7.98. The van der Waals surface area contributed by atoms with Crippen LogP contribution in [-0.4, -0.2) is 42.4 Å². The van der Waals surface area contributed by atoms with Crippen molar-refractivity contribution in [3.8, 4) is 11.1 Å². The van der Waals surface area contributed by atoms with Gasteiger partial charge in [0.15, 0.2) is 0 Å². The molecule has 0 radical (unpaired) electrons. The zero-order valence-electron chi connectivity index (χ0n) is 23.3. The zero-order valence-corrected chi connectivity index (χ0v) is 23.3. The SMILES string of the molecule is CCc1ccc(C)c(F)c1.Cc1ccc(-c2ccccc2C(C)OCC(O)CN2CCCCC2)cc1C. The second kappa shape index (κ2) is 14.4. The molecule has 4 heteroatoms. The number of aliphatic hydroxyl groups excluding tert-OH is 1. The highest BCUT2D eigenvalue weighted by atomic mass is 19.1. The minimum atomic E-state index is -0.431. The summed E-state index contributed by atoms with van der Waals surface area (Å²) in [5.74, 6) is -0.0978. The topological polar surface area (TPSA) is 32.7 Å². The molecule has 3 aromatic rings. The van der Waals surface area contributed by atoms with Crippen molar-refractivity contribution in [1.82, 2.24) is 4.90 Å². The van der Waals surface area contributed by atoms with Gasteiger partial charge >= 0.3 is 0 Å². The van der Waals surface area contributed by atoms with E-state index in [2.05, 4.69) is 68.1 Å². The molecule has 0 amide bonds. The third-order valence-corrected chi connectivity index (χ3v) is 7.32. The third-order valence-electron chi connectivity index (χ3n) is 7.32. The second-order valence-corrected chi connectivity index (χ2v) is 10.3. The van der Waals surface area contributed by atoms with Gasteiger partial charge in [0.05, 0.1) is 18.8 Å². The summed E-state index contributed by atoms with van der Waals surface area (Å²) in [4.78, 5) is 2.35. The molecular formula is C33H44FNO2. The molecule has 0 aromatic heterocycles. The number of benzene rings is 3. The first kappa shape index (κ1) is 29.0. The summed E-state index contributed by atoms with van der Waals surface area (Å²) >= 11 is 0. The van der Waals surface area contributed by atoms with Crippen molar-refractivity contribution in [2.75, 3.05) is 26.2 Å². The monoisotopic (exact) mass is 505 g/mol. The average Bonchev–Trinajstić information content (AvgIpc) is 2.91. The van der Waals surface area contributed by atoms with E-state index in [0.29, 0.717) is 13.2 Å². The smallest absolute Gasteiger partial charge is 0.126 e. The van der Waals surface area contributed by atoms with E-state index < -0.39 is 6.10 Å². The highest BCUT2D eigenvalue weighted by molar-refractivity contribution is 5.69. The molecule has 1 heterocycles. The van der Waals surface area contributed by atoms with Crippen LogP contribution in [0.25, 0.3) is 11.1 Å². The van der Waals surface area contributed by atoms with Gasteiger partial charge in [0.2, 0.25) is 0 Å². The van der Waals surface area contributed by atoms with Gasteiger partial charge in [-0.25, -0.2) is 4.39 Å². The fourth-order valence-electron chi connectivity index (χ4n) is 4.72. The molecule has 2 unspecified atom stereocenters. The molecule has 4 rings (SSSR count). The number of aryl methyl sites for hydroxylation is 4. The van der Waals surface area contributed by atoms with Crippen molar-refractivity contribution in [2.24, 2.45) is 0 Å². The summed E-state index contributed by atoms with van der Waals surface area (Å²) in [6.07, 6.45) is 4.21. The summed E-state index contributed by atoms with van der Waals surface area (Å²) in [5, 5.41) is 10.4. The van der Waals surface area contributed by atoms with Crippen molar-refractivity contribution >= 4 is 0 Å². The summed E-state index contributed by atoms with van der Waals surface area (Å²) < 4.78 is 18.8. The van der Waals surface area contributed by atoms with Crippen LogP contribution in [0.2, 0.25) is 0 Å². The molecular weight excluding hydrogens is 461 g/mol. The van der Waals surface area contributed by atoms with Crippen molar-refractivity contribution in [2.45, 2.75) is 72.5 Å². The van der Waals surface area contributed by atoms with E-state index in [4.69, 9.17) is 4.74 Å². The minimum absolute atomic E-state index is 0.0567. The van der Waals surface area contributed by atoms with Crippen LogP contribution in [0, 0.1) is 26.6 Å². The summed E-state index contributed by atoms with van der Waals surface area (Å²) in [6.45, 7) is 13.4. The fraction of sp³-hybridized carbons (Fsp3) is 0.455. The molecule has 1 fully saturated rings. The maximum absolute atomic E-state index is 12.8. The Balaban J connectivity index is 0.000000319. The standard InChI is InChI=1S/C24H33NO2.C9H11F/c1-18-11-12-21(15-19(18)2)24-10-6-5-9-23(24)20(3)27-17-22(26)16-25-13-7-4-8-14-25;1-3-8-5-4-7(2)9(10)6-8/h5-6,9-12,15,20,22,26H,4,7-8,13-14,16-17H2,1-3H3;4-6H,3H2,1-2H3. The average molecular weight is 506 g/mol. The van der Waals surface area contributed by atoms with E-state index in [-0.39, 0.29) is 11.9 Å². The van der Waals surface area contributed by atoms with Crippen LogP contribution in [0.4, 0.5) is 4.39 Å². The number of hydrogen-bond acceptors (Lipinski definition) is 3. The molecule has 3 aromatic carbocycles. The van der Waals surface area contributed by atoms with E-state index in [1.165, 1.54) is 47.1 Å². The lowest BCUT2D eigenvalue weighted by Crippen LogP contribution is -2.38. The number of halogens is 1. The molecule has 200 valence electrons. The van der Waals surface area contributed by atoms with E-state index >= 15 is 0 Å². The summed E-state index contributed by atoms with van der Waals surface area (Å²) in [7, 11) is 0. The Morgan fingerprint density at radius 2 is 1.59 bits per heavy atom. The van der Waals surface area contributed by atoms with E-state index in [9.17, 15) is 9.50 Å². The Bertz CT molecular complexity index is 1120. The van der Waals surface area contributed by atoms with Gasteiger partial charge in [-0.05, 0) is 105 Å². The van der Waals surface area contributed by atoms with Crippen LogP contribution in [-0.2, 0) is 11.2 Å². The predicted molar refractivity (Wildman–Crippen MR) is 153 cm³/mol. The molecule has 1 saturated heterocycles. The molecule has 3 nitrogen and oxygen atoms in total. The maximum atomic E-state index is 12.8. The first-order valence-corrected chi connectivity index (χ1v) is 13.7. The maximum Gasteiger partial charge on any atom is 0.126 e. The lowest BCUT2D eigenvalue weighted by atomic mass is 9.94. The molecule has 0 aliphatic carbocycles. The van der Waals surface area contributed by atoms with Gasteiger partial charge in [-0.3, -0.25) is 0 Å². The normalized spacial score (nSPS) is 15.5. The number of hydrogen-bond donors (Lipinski definition) is 1. The lowest BCUT2D eigenvalue weighted by molar-refractivity contribution is -0.0173. The first-order valence-electron chi connectivity index (χ1n) is 13.7. The Hall–Kier alpha value is -2.53.